The van der Waals surface area contributed by atoms with Crippen molar-refractivity contribution in [1.82, 2.24) is 5.32 Å². The van der Waals surface area contributed by atoms with E-state index in [2.05, 4.69) is 5.32 Å². The summed E-state index contributed by atoms with van der Waals surface area (Å²) in [6.45, 7) is 3.66. The van der Waals surface area contributed by atoms with Crippen LogP contribution in [0.5, 0.6) is 0 Å². The average molecular weight is 292 g/mol. The molecule has 0 amide bonds. The van der Waals surface area contributed by atoms with Crippen molar-refractivity contribution in [3.8, 4) is 0 Å². The summed E-state index contributed by atoms with van der Waals surface area (Å²) in [5, 5.41) is 3.49. The number of halogens is 2. The second kappa shape index (κ2) is 4.47. The van der Waals surface area contributed by atoms with Crippen LogP contribution in [0.15, 0.2) is 18.2 Å². The van der Waals surface area contributed by atoms with Gasteiger partial charge < -0.3 is 5.32 Å². The van der Waals surface area contributed by atoms with Crippen molar-refractivity contribution < 1.29 is 12.8 Å². The summed E-state index contributed by atoms with van der Waals surface area (Å²) in [5.74, 6) is -0.349. The van der Waals surface area contributed by atoms with E-state index in [0.29, 0.717) is 5.56 Å². The third kappa shape index (κ3) is 3.02. The summed E-state index contributed by atoms with van der Waals surface area (Å²) < 4.78 is 36.7. The quantitative estimate of drug-likeness (QED) is 0.864. The van der Waals surface area contributed by atoms with Crippen molar-refractivity contribution in [2.24, 2.45) is 0 Å². The van der Waals surface area contributed by atoms with Crippen LogP contribution >= 0.6 is 11.6 Å². The van der Waals surface area contributed by atoms with E-state index in [4.69, 9.17) is 11.6 Å². The summed E-state index contributed by atoms with van der Waals surface area (Å²) in [6, 6.07) is 3.63. The van der Waals surface area contributed by atoms with E-state index in [1.165, 1.54) is 18.2 Å². The second-order valence-corrected chi connectivity index (χ2v) is 7.82. The highest BCUT2D eigenvalue weighted by Crippen LogP contribution is 2.30. The highest BCUT2D eigenvalue weighted by molar-refractivity contribution is 7.91. The molecule has 100 valence electrons. The maximum atomic E-state index is 13.0. The van der Waals surface area contributed by atoms with Crippen molar-refractivity contribution in [3.05, 3.63) is 34.6 Å². The van der Waals surface area contributed by atoms with E-state index >= 15 is 0 Å². The fraction of sp³-hybridized carbons (Fsp3) is 0.500. The van der Waals surface area contributed by atoms with E-state index in [9.17, 15) is 12.8 Å². The van der Waals surface area contributed by atoms with Crippen molar-refractivity contribution >= 4 is 21.4 Å². The lowest BCUT2D eigenvalue weighted by Crippen LogP contribution is -2.54. The Morgan fingerprint density at radius 1 is 1.44 bits per heavy atom. The lowest BCUT2D eigenvalue weighted by Gasteiger charge is -2.37. The van der Waals surface area contributed by atoms with Crippen LogP contribution in [0, 0.1) is 5.82 Å². The molecular formula is C12H15ClFNO2S. The molecule has 0 saturated carbocycles. The van der Waals surface area contributed by atoms with Crippen molar-refractivity contribution in [2.45, 2.75) is 25.4 Å². The number of sulfone groups is 1. The van der Waals surface area contributed by atoms with E-state index in [1.54, 1.807) is 0 Å². The van der Waals surface area contributed by atoms with Crippen LogP contribution in [0.25, 0.3) is 0 Å². The number of hydrogen-bond acceptors (Lipinski definition) is 3. The van der Waals surface area contributed by atoms with Crippen molar-refractivity contribution in [2.75, 3.05) is 11.5 Å². The summed E-state index contributed by atoms with van der Waals surface area (Å²) in [7, 11) is -3.13. The van der Waals surface area contributed by atoms with Crippen LogP contribution < -0.4 is 5.32 Å². The van der Waals surface area contributed by atoms with Crippen molar-refractivity contribution in [3.63, 3.8) is 0 Å². The largest absolute Gasteiger partial charge is 0.303 e. The third-order valence-electron chi connectivity index (χ3n) is 2.90. The second-order valence-electron chi connectivity index (χ2n) is 5.30. The molecule has 0 bridgehead atoms. The van der Waals surface area contributed by atoms with Gasteiger partial charge in [-0.05, 0) is 31.5 Å². The average Bonchev–Trinajstić information content (AvgIpc) is 2.11. The third-order valence-corrected chi connectivity index (χ3v) is 5.23. The molecule has 1 aromatic carbocycles. The molecule has 2 rings (SSSR count). The molecule has 1 fully saturated rings. The first-order valence-electron chi connectivity index (χ1n) is 5.62. The minimum Gasteiger partial charge on any atom is -0.303 e. The van der Waals surface area contributed by atoms with Gasteiger partial charge in [0.2, 0.25) is 0 Å². The standard InChI is InChI=1S/C12H15ClFNO2S/c1-12(2)7-18(16,17)6-11(15-12)9-4-3-8(14)5-10(9)13/h3-5,11,15H,6-7H2,1-2H3. The molecule has 1 saturated heterocycles. The maximum Gasteiger partial charge on any atom is 0.153 e. The Morgan fingerprint density at radius 3 is 2.67 bits per heavy atom. The van der Waals surface area contributed by atoms with Crippen LogP contribution in [0.1, 0.15) is 25.5 Å². The Hall–Kier alpha value is -0.650. The predicted octanol–water partition coefficient (Wildman–Crippen LogP) is 2.32. The van der Waals surface area contributed by atoms with Gasteiger partial charge in [0.1, 0.15) is 5.82 Å². The first kappa shape index (κ1) is 13.8. The molecule has 3 nitrogen and oxygen atoms in total. The summed E-state index contributed by atoms with van der Waals surface area (Å²) >= 11 is 5.97. The summed E-state index contributed by atoms with van der Waals surface area (Å²) in [5.41, 5.74) is 0.105. The molecule has 1 heterocycles. The van der Waals surface area contributed by atoms with Crippen LogP contribution in [0.2, 0.25) is 5.02 Å². The highest BCUT2D eigenvalue weighted by Gasteiger charge is 2.37. The molecule has 1 N–H and O–H groups in total. The van der Waals surface area contributed by atoms with Crippen LogP contribution in [0.3, 0.4) is 0 Å². The highest BCUT2D eigenvalue weighted by atomic mass is 35.5. The molecular weight excluding hydrogens is 277 g/mol. The van der Waals surface area contributed by atoms with Gasteiger partial charge in [0.25, 0.3) is 0 Å². The number of rotatable bonds is 1. The van der Waals surface area contributed by atoms with Gasteiger partial charge in [-0.15, -0.1) is 0 Å². The molecule has 18 heavy (non-hydrogen) atoms. The number of hydrogen-bond donors (Lipinski definition) is 1. The zero-order valence-corrected chi connectivity index (χ0v) is 11.8. The monoisotopic (exact) mass is 291 g/mol. The first-order valence-corrected chi connectivity index (χ1v) is 7.82. The fourth-order valence-corrected chi connectivity index (χ4v) is 4.74. The van der Waals surface area contributed by atoms with Crippen molar-refractivity contribution in [1.29, 1.82) is 0 Å². The molecule has 1 aromatic rings. The van der Waals surface area contributed by atoms with E-state index in [1.807, 2.05) is 13.8 Å². The van der Waals surface area contributed by atoms with Gasteiger partial charge in [0.15, 0.2) is 9.84 Å². The lowest BCUT2D eigenvalue weighted by atomic mass is 10.0. The summed E-state index contributed by atoms with van der Waals surface area (Å²) in [4.78, 5) is 0. The first-order chi connectivity index (χ1) is 8.19. The fourth-order valence-electron chi connectivity index (χ4n) is 2.37. The van der Waals surface area contributed by atoms with Gasteiger partial charge in [-0.25, -0.2) is 12.8 Å². The van der Waals surface area contributed by atoms with E-state index < -0.39 is 27.2 Å². The molecule has 1 atom stereocenters. The summed E-state index contributed by atoms with van der Waals surface area (Å²) in [6.07, 6.45) is 0. The molecule has 1 aliphatic rings. The number of nitrogens with one attached hydrogen (secondary N) is 1. The zero-order valence-electron chi connectivity index (χ0n) is 10.2. The molecule has 0 aliphatic carbocycles. The SMILES string of the molecule is CC1(C)CS(=O)(=O)CC(c2ccc(F)cc2Cl)N1. The van der Waals surface area contributed by atoms with Crippen LogP contribution in [0.4, 0.5) is 4.39 Å². The van der Waals surface area contributed by atoms with Gasteiger partial charge in [-0.2, -0.15) is 0 Å². The Bertz CT molecular complexity index is 571. The Balaban J connectivity index is 2.38. The molecule has 0 aromatic heterocycles. The molecule has 0 radical (unpaired) electrons. The zero-order chi connectivity index (χ0) is 13.6. The minimum atomic E-state index is -3.13. The van der Waals surface area contributed by atoms with Gasteiger partial charge in [0.05, 0.1) is 11.5 Å². The van der Waals surface area contributed by atoms with Gasteiger partial charge in [0, 0.05) is 16.6 Å². The van der Waals surface area contributed by atoms with Gasteiger partial charge in [-0.3, -0.25) is 0 Å². The maximum absolute atomic E-state index is 13.0. The van der Waals surface area contributed by atoms with Crippen LogP contribution in [-0.4, -0.2) is 25.5 Å². The number of benzene rings is 1. The molecule has 0 spiro atoms. The Kier molecular flexibility index (Phi) is 3.42. The van der Waals surface area contributed by atoms with Gasteiger partial charge >= 0.3 is 0 Å². The molecule has 1 unspecified atom stereocenters. The van der Waals surface area contributed by atoms with Crippen LogP contribution in [-0.2, 0) is 9.84 Å². The lowest BCUT2D eigenvalue weighted by molar-refractivity contribution is 0.359. The Labute approximate surface area is 111 Å². The minimum absolute atomic E-state index is 0.0121. The van der Waals surface area contributed by atoms with E-state index in [0.717, 1.165) is 0 Å². The Morgan fingerprint density at radius 2 is 2.11 bits per heavy atom. The van der Waals surface area contributed by atoms with E-state index in [-0.39, 0.29) is 16.5 Å². The smallest absolute Gasteiger partial charge is 0.153 e. The normalized spacial score (nSPS) is 25.9. The molecule has 1 aliphatic heterocycles. The molecule has 6 heteroatoms. The predicted molar refractivity (Wildman–Crippen MR) is 70.0 cm³/mol. The topological polar surface area (TPSA) is 46.2 Å². The van der Waals surface area contributed by atoms with Gasteiger partial charge in [-0.1, -0.05) is 17.7 Å².